The van der Waals surface area contributed by atoms with E-state index in [1.807, 2.05) is 32.0 Å². The molecule has 5 heteroatoms. The molecule has 0 bridgehead atoms. The molecule has 0 spiro atoms. The summed E-state index contributed by atoms with van der Waals surface area (Å²) in [6.07, 6.45) is 0. The molecule has 0 unspecified atom stereocenters. The van der Waals surface area contributed by atoms with Gasteiger partial charge in [0, 0.05) is 0 Å². The third-order valence-corrected chi connectivity index (χ3v) is 4.63. The van der Waals surface area contributed by atoms with Crippen LogP contribution >= 0.6 is 0 Å². The van der Waals surface area contributed by atoms with Crippen molar-refractivity contribution in [3.63, 3.8) is 0 Å². The minimum Gasteiger partial charge on any atom is -0.279 e. The molecule has 0 heterocycles. The number of nitrogens with zero attached hydrogens (tertiary/aromatic N) is 1. The van der Waals surface area contributed by atoms with Gasteiger partial charge in [0.2, 0.25) is 0 Å². The zero-order valence-corrected chi connectivity index (χ0v) is 13.0. The first kappa shape index (κ1) is 15.1. The quantitative estimate of drug-likeness (QED) is 0.945. The van der Waals surface area contributed by atoms with Crippen LogP contribution in [0.1, 0.15) is 22.3 Å². The molecule has 108 valence electrons. The molecule has 21 heavy (non-hydrogen) atoms. The highest BCUT2D eigenvalue weighted by atomic mass is 32.2. The van der Waals surface area contributed by atoms with Gasteiger partial charge in [-0.2, -0.15) is 5.26 Å². The van der Waals surface area contributed by atoms with Gasteiger partial charge in [0.05, 0.1) is 22.2 Å². The van der Waals surface area contributed by atoms with E-state index in [-0.39, 0.29) is 4.90 Å². The molecule has 2 aromatic carbocycles. The molecule has 0 atom stereocenters. The van der Waals surface area contributed by atoms with Crippen LogP contribution in [0, 0.1) is 32.1 Å². The first-order chi connectivity index (χ1) is 9.83. The van der Waals surface area contributed by atoms with Crippen molar-refractivity contribution in [2.45, 2.75) is 25.7 Å². The van der Waals surface area contributed by atoms with Crippen LogP contribution in [0.15, 0.2) is 41.3 Å². The smallest absolute Gasteiger partial charge is 0.261 e. The number of hydrogen-bond acceptors (Lipinski definition) is 3. The molecule has 0 aliphatic carbocycles. The third-order valence-electron chi connectivity index (χ3n) is 3.27. The average molecular weight is 300 g/mol. The first-order valence-corrected chi connectivity index (χ1v) is 7.92. The Kier molecular flexibility index (Phi) is 4.01. The second-order valence-corrected chi connectivity index (χ2v) is 6.69. The minimum atomic E-state index is -3.66. The van der Waals surface area contributed by atoms with Crippen molar-refractivity contribution < 1.29 is 8.42 Å². The maximum absolute atomic E-state index is 12.4. The van der Waals surface area contributed by atoms with Crippen molar-refractivity contribution in [1.29, 1.82) is 5.26 Å². The fraction of sp³-hybridized carbons (Fsp3) is 0.188. The summed E-state index contributed by atoms with van der Waals surface area (Å²) in [4.78, 5) is 0.153. The molecule has 0 radical (unpaired) electrons. The van der Waals surface area contributed by atoms with Crippen LogP contribution < -0.4 is 4.72 Å². The molecule has 2 rings (SSSR count). The highest BCUT2D eigenvalue weighted by Gasteiger charge is 2.16. The van der Waals surface area contributed by atoms with Crippen LogP contribution in [-0.2, 0) is 10.0 Å². The molecule has 1 N–H and O–H groups in total. The summed E-state index contributed by atoms with van der Waals surface area (Å²) in [7, 11) is -3.66. The number of sulfonamides is 1. The molecule has 0 fully saturated rings. The number of benzene rings is 2. The summed E-state index contributed by atoms with van der Waals surface area (Å²) in [6, 6.07) is 12.1. The molecule has 2 aromatic rings. The van der Waals surface area contributed by atoms with E-state index in [2.05, 4.69) is 4.72 Å². The molecule has 0 amide bonds. The Bertz CT molecular complexity index is 834. The van der Waals surface area contributed by atoms with Gasteiger partial charge in [-0.05, 0) is 61.7 Å². The Morgan fingerprint density at radius 3 is 2.33 bits per heavy atom. The summed E-state index contributed by atoms with van der Waals surface area (Å²) in [5, 5.41) is 8.90. The van der Waals surface area contributed by atoms with Crippen molar-refractivity contribution in [3.05, 3.63) is 58.7 Å². The van der Waals surface area contributed by atoms with E-state index in [0.717, 1.165) is 11.1 Å². The largest absolute Gasteiger partial charge is 0.279 e. The highest BCUT2D eigenvalue weighted by molar-refractivity contribution is 7.92. The zero-order chi connectivity index (χ0) is 15.6. The van der Waals surface area contributed by atoms with Crippen molar-refractivity contribution in [3.8, 4) is 6.07 Å². The lowest BCUT2D eigenvalue weighted by atomic mass is 10.1. The third kappa shape index (κ3) is 3.23. The van der Waals surface area contributed by atoms with Gasteiger partial charge < -0.3 is 0 Å². The molecule has 0 aliphatic rings. The Labute approximate surface area is 125 Å². The number of nitriles is 1. The molecule has 0 aromatic heterocycles. The lowest BCUT2D eigenvalue weighted by molar-refractivity contribution is 0.601. The lowest BCUT2D eigenvalue weighted by Crippen LogP contribution is -2.14. The monoisotopic (exact) mass is 300 g/mol. The van der Waals surface area contributed by atoms with E-state index in [0.29, 0.717) is 16.8 Å². The second-order valence-electron chi connectivity index (χ2n) is 5.01. The topological polar surface area (TPSA) is 70.0 Å². The second kappa shape index (κ2) is 5.58. The Morgan fingerprint density at radius 2 is 1.71 bits per heavy atom. The molecule has 4 nitrogen and oxygen atoms in total. The molecule has 0 aliphatic heterocycles. The fourth-order valence-corrected chi connectivity index (χ4v) is 3.18. The van der Waals surface area contributed by atoms with E-state index in [4.69, 9.17) is 5.26 Å². The summed E-state index contributed by atoms with van der Waals surface area (Å²) in [5.41, 5.74) is 3.52. The van der Waals surface area contributed by atoms with Gasteiger partial charge in [-0.25, -0.2) is 8.42 Å². The van der Waals surface area contributed by atoms with Crippen molar-refractivity contribution in [2.75, 3.05) is 4.72 Å². The van der Waals surface area contributed by atoms with E-state index in [1.54, 1.807) is 13.0 Å². The van der Waals surface area contributed by atoms with E-state index in [1.165, 1.54) is 18.2 Å². The van der Waals surface area contributed by atoms with Gasteiger partial charge in [0.15, 0.2) is 0 Å². The van der Waals surface area contributed by atoms with Crippen molar-refractivity contribution in [2.24, 2.45) is 0 Å². The molecular weight excluding hydrogens is 284 g/mol. The van der Waals surface area contributed by atoms with E-state index >= 15 is 0 Å². The van der Waals surface area contributed by atoms with E-state index < -0.39 is 10.0 Å². The first-order valence-electron chi connectivity index (χ1n) is 6.44. The number of nitrogens with one attached hydrogen (secondary N) is 1. The molecule has 0 saturated heterocycles. The number of anilines is 1. The fourth-order valence-electron chi connectivity index (χ4n) is 1.98. The maximum Gasteiger partial charge on any atom is 0.261 e. The van der Waals surface area contributed by atoms with Gasteiger partial charge in [-0.15, -0.1) is 0 Å². The van der Waals surface area contributed by atoms with Crippen LogP contribution in [0.3, 0.4) is 0 Å². The van der Waals surface area contributed by atoms with Gasteiger partial charge in [-0.3, -0.25) is 4.72 Å². The predicted molar refractivity (Wildman–Crippen MR) is 82.6 cm³/mol. The zero-order valence-electron chi connectivity index (χ0n) is 12.1. The number of hydrogen-bond donors (Lipinski definition) is 1. The van der Waals surface area contributed by atoms with Crippen molar-refractivity contribution in [1.82, 2.24) is 0 Å². The standard InChI is InChI=1S/C16H16N2O2S/c1-11-4-5-12(2)16(8-11)18-21(19,20)15-7-6-14(10-17)13(3)9-15/h4-9,18H,1-3H3. The highest BCUT2D eigenvalue weighted by Crippen LogP contribution is 2.22. The summed E-state index contributed by atoms with van der Waals surface area (Å²) >= 11 is 0. The van der Waals surface area contributed by atoms with E-state index in [9.17, 15) is 8.42 Å². The van der Waals surface area contributed by atoms with Gasteiger partial charge in [0.1, 0.15) is 0 Å². The summed E-state index contributed by atoms with van der Waals surface area (Å²) < 4.78 is 27.4. The van der Waals surface area contributed by atoms with Crippen LogP contribution in [0.2, 0.25) is 0 Å². The normalized spacial score (nSPS) is 11.0. The minimum absolute atomic E-state index is 0.153. The molecule has 0 saturated carbocycles. The van der Waals surface area contributed by atoms with Crippen LogP contribution in [0.4, 0.5) is 5.69 Å². The number of aryl methyl sites for hydroxylation is 3. The molecular formula is C16H16N2O2S. The SMILES string of the molecule is Cc1ccc(C)c(NS(=O)(=O)c2ccc(C#N)c(C)c2)c1. The average Bonchev–Trinajstić information content (AvgIpc) is 2.42. The van der Waals surface area contributed by atoms with Crippen molar-refractivity contribution >= 4 is 15.7 Å². The van der Waals surface area contributed by atoms with Gasteiger partial charge >= 0.3 is 0 Å². The van der Waals surface area contributed by atoms with Gasteiger partial charge in [-0.1, -0.05) is 12.1 Å². The Hall–Kier alpha value is -2.32. The van der Waals surface area contributed by atoms with Crippen LogP contribution in [0.5, 0.6) is 0 Å². The van der Waals surface area contributed by atoms with Crippen LogP contribution in [-0.4, -0.2) is 8.42 Å². The maximum atomic E-state index is 12.4. The number of rotatable bonds is 3. The van der Waals surface area contributed by atoms with Crippen LogP contribution in [0.25, 0.3) is 0 Å². The summed E-state index contributed by atoms with van der Waals surface area (Å²) in [6.45, 7) is 5.47. The lowest BCUT2D eigenvalue weighted by Gasteiger charge is -2.12. The summed E-state index contributed by atoms with van der Waals surface area (Å²) in [5.74, 6) is 0. The van der Waals surface area contributed by atoms with Gasteiger partial charge in [0.25, 0.3) is 10.0 Å². The Balaban J connectivity index is 2.41. The Morgan fingerprint density at radius 1 is 1.00 bits per heavy atom. The predicted octanol–water partition coefficient (Wildman–Crippen LogP) is 3.28.